The third kappa shape index (κ3) is 5.43. The third-order valence-corrected chi connectivity index (χ3v) is 13.1. The summed E-state index contributed by atoms with van der Waals surface area (Å²) in [4.78, 5) is 39.7. The molecule has 2 spiro atoms. The molecule has 0 aromatic heterocycles. The van der Waals surface area contributed by atoms with Gasteiger partial charge >= 0.3 is 5.97 Å². The molecule has 4 saturated carbocycles. The van der Waals surface area contributed by atoms with Crippen molar-refractivity contribution in [2.75, 3.05) is 6.61 Å². The number of nitrogens with one attached hydrogen (secondary N) is 1. The van der Waals surface area contributed by atoms with Gasteiger partial charge in [-0.05, 0) is 90.7 Å². The molecule has 9 heteroatoms. The standard InChI is InChI=1S/C39H50N2O7/c1-6-36(4)19-31(37(5)23(2)18-39-22-38(35(37)39,15-14-30(39)43)24(3)33(36)45)48-32(44)21-47-28-9-7-8-26(16-28)20-41-34(46)29(40)17-25-10-12-27(42)13-11-25/h6-13,16,23-24,29,31,33,35,42,45H,1,14-15,17-22,40H2,2-5H3,(H,41,46)/t23?,24-,29-,31+,33-,35?,36+,37-,38?,39?/m0/s1. The van der Waals surface area contributed by atoms with Crippen molar-refractivity contribution < 1.29 is 34.1 Å². The molecule has 0 aliphatic heterocycles. The van der Waals surface area contributed by atoms with E-state index in [4.69, 9.17) is 15.2 Å². The number of carbonyl (C=O) groups is 3. The van der Waals surface area contributed by atoms with E-state index >= 15 is 0 Å². The maximum atomic E-state index is 13.5. The monoisotopic (exact) mass is 658 g/mol. The first-order chi connectivity index (χ1) is 22.7. The molecule has 4 fully saturated rings. The molecule has 4 aliphatic rings. The normalized spacial score (nSPS) is 37.2. The fourth-order valence-corrected chi connectivity index (χ4v) is 10.4. The lowest BCUT2D eigenvalue weighted by Gasteiger charge is -2.71. The van der Waals surface area contributed by atoms with Gasteiger partial charge in [-0.15, -0.1) is 6.58 Å². The highest BCUT2D eigenvalue weighted by Crippen LogP contribution is 2.82. The molecular weight excluding hydrogens is 608 g/mol. The summed E-state index contributed by atoms with van der Waals surface area (Å²) in [6, 6.07) is 13.0. The Morgan fingerprint density at radius 2 is 1.85 bits per heavy atom. The Bertz CT molecular complexity index is 1590. The summed E-state index contributed by atoms with van der Waals surface area (Å²) in [5.41, 5.74) is 6.03. The Kier molecular flexibility index (Phi) is 8.78. The topological polar surface area (TPSA) is 148 Å². The van der Waals surface area contributed by atoms with Crippen molar-refractivity contribution in [3.63, 3.8) is 0 Å². The van der Waals surface area contributed by atoms with E-state index in [0.717, 1.165) is 30.4 Å². The number of Topliss-reactive ketones (excluding diaryl/α,β-unsaturated/α-hetero) is 1. The minimum absolute atomic E-state index is 0.0107. The molecule has 10 atom stereocenters. The Labute approximate surface area is 283 Å². The summed E-state index contributed by atoms with van der Waals surface area (Å²) >= 11 is 0. The summed E-state index contributed by atoms with van der Waals surface area (Å²) in [5.74, 6) is 0.328. The minimum atomic E-state index is -0.754. The van der Waals surface area contributed by atoms with Crippen molar-refractivity contribution >= 4 is 17.7 Å². The van der Waals surface area contributed by atoms with Crippen LogP contribution in [0.25, 0.3) is 0 Å². The van der Waals surface area contributed by atoms with Crippen molar-refractivity contribution in [2.24, 2.45) is 45.1 Å². The quantitative estimate of drug-likeness (QED) is 0.209. The number of hydrogen-bond acceptors (Lipinski definition) is 8. The van der Waals surface area contributed by atoms with Gasteiger partial charge in [0.2, 0.25) is 5.91 Å². The van der Waals surface area contributed by atoms with Crippen LogP contribution >= 0.6 is 0 Å². The smallest absolute Gasteiger partial charge is 0.344 e. The van der Waals surface area contributed by atoms with Crippen LogP contribution in [0.2, 0.25) is 0 Å². The Morgan fingerprint density at radius 1 is 1.12 bits per heavy atom. The van der Waals surface area contributed by atoms with E-state index in [9.17, 15) is 24.6 Å². The van der Waals surface area contributed by atoms with Crippen molar-refractivity contribution in [3.8, 4) is 11.5 Å². The van der Waals surface area contributed by atoms with Gasteiger partial charge in [0.05, 0.1) is 12.1 Å². The van der Waals surface area contributed by atoms with Gasteiger partial charge in [0.15, 0.2) is 6.61 Å². The SMILES string of the molecule is C=C[C@]1(C)C[C@@H](OC(=O)COc2cccc(CNC(=O)[C@@H](N)Cc3ccc(O)cc3)c2)[C@]2(C)C(C)CC34CC(CCC3=O)(C42)[C@@H](C)[C@@H]1O. The van der Waals surface area contributed by atoms with Gasteiger partial charge < -0.3 is 30.7 Å². The second kappa shape index (κ2) is 12.3. The number of hydrogen-bond donors (Lipinski definition) is 4. The number of phenols is 1. The van der Waals surface area contributed by atoms with Gasteiger partial charge in [0.1, 0.15) is 23.4 Å². The summed E-state index contributed by atoms with van der Waals surface area (Å²) in [5, 5.41) is 24.1. The fraction of sp³-hybridized carbons (Fsp3) is 0.564. The van der Waals surface area contributed by atoms with Crippen molar-refractivity contribution in [2.45, 2.75) is 91.0 Å². The van der Waals surface area contributed by atoms with E-state index in [2.05, 4.69) is 32.7 Å². The van der Waals surface area contributed by atoms with Crippen molar-refractivity contribution in [1.82, 2.24) is 5.32 Å². The van der Waals surface area contributed by atoms with Crippen LogP contribution in [-0.2, 0) is 32.1 Å². The Hall–Kier alpha value is -3.69. The number of carbonyl (C=O) groups excluding carboxylic acids is 3. The zero-order chi connectivity index (χ0) is 34.6. The Balaban J connectivity index is 1.12. The molecule has 1 amide bonds. The van der Waals surface area contributed by atoms with E-state index in [0.29, 0.717) is 30.8 Å². The molecule has 4 aliphatic carbocycles. The lowest BCUT2D eigenvalue weighted by atomic mass is 9.32. The van der Waals surface area contributed by atoms with E-state index in [1.807, 2.05) is 19.1 Å². The predicted molar refractivity (Wildman–Crippen MR) is 181 cm³/mol. The molecule has 258 valence electrons. The van der Waals surface area contributed by atoms with Crippen molar-refractivity contribution in [3.05, 3.63) is 72.3 Å². The highest BCUT2D eigenvalue weighted by atomic mass is 16.6. The number of ketones is 1. The highest BCUT2D eigenvalue weighted by Gasteiger charge is 2.81. The number of esters is 1. The Morgan fingerprint density at radius 3 is 2.56 bits per heavy atom. The number of aromatic hydroxyl groups is 1. The number of rotatable bonds is 10. The lowest BCUT2D eigenvalue weighted by molar-refractivity contribution is -0.258. The zero-order valence-electron chi connectivity index (χ0n) is 28.5. The molecule has 2 aromatic carbocycles. The summed E-state index contributed by atoms with van der Waals surface area (Å²) < 4.78 is 12.3. The average Bonchev–Trinajstić information content (AvgIpc) is 3.26. The molecule has 4 unspecified atom stereocenters. The van der Waals surface area contributed by atoms with Gasteiger partial charge in [-0.2, -0.15) is 0 Å². The van der Waals surface area contributed by atoms with Crippen LogP contribution < -0.4 is 15.8 Å². The van der Waals surface area contributed by atoms with Crippen LogP contribution in [0.5, 0.6) is 11.5 Å². The van der Waals surface area contributed by atoms with E-state index in [1.165, 1.54) is 0 Å². The van der Waals surface area contributed by atoms with Gasteiger partial charge in [-0.3, -0.25) is 9.59 Å². The molecular formula is C39H50N2O7. The fourth-order valence-electron chi connectivity index (χ4n) is 10.4. The van der Waals surface area contributed by atoms with Gasteiger partial charge in [0, 0.05) is 29.2 Å². The molecule has 0 heterocycles. The largest absolute Gasteiger partial charge is 0.508 e. The van der Waals surface area contributed by atoms with E-state index in [1.54, 1.807) is 42.5 Å². The highest BCUT2D eigenvalue weighted by molar-refractivity contribution is 5.89. The number of ether oxygens (including phenoxy) is 2. The number of aliphatic hydroxyl groups is 1. The number of amides is 1. The maximum Gasteiger partial charge on any atom is 0.344 e. The summed E-state index contributed by atoms with van der Waals surface area (Å²) in [6.07, 6.45) is 4.26. The zero-order valence-corrected chi connectivity index (χ0v) is 28.5. The third-order valence-electron chi connectivity index (χ3n) is 13.1. The van der Waals surface area contributed by atoms with Crippen LogP contribution in [0.15, 0.2) is 61.2 Å². The van der Waals surface area contributed by atoms with Crippen molar-refractivity contribution in [1.29, 1.82) is 0 Å². The molecule has 5 N–H and O–H groups in total. The molecule has 0 saturated heterocycles. The summed E-state index contributed by atoms with van der Waals surface area (Å²) in [6.45, 7) is 12.6. The van der Waals surface area contributed by atoms with Crippen LogP contribution in [0.3, 0.4) is 0 Å². The maximum absolute atomic E-state index is 13.5. The van der Waals surface area contributed by atoms with Crippen LogP contribution in [0.1, 0.15) is 70.9 Å². The van der Waals surface area contributed by atoms with Gasteiger partial charge in [-0.1, -0.05) is 58.0 Å². The van der Waals surface area contributed by atoms with Crippen LogP contribution in [-0.4, -0.2) is 52.7 Å². The number of benzene rings is 2. The van der Waals surface area contributed by atoms with Gasteiger partial charge in [0.25, 0.3) is 0 Å². The second-order valence-electron chi connectivity index (χ2n) is 15.7. The molecule has 2 bridgehead atoms. The van der Waals surface area contributed by atoms with Crippen LogP contribution in [0.4, 0.5) is 0 Å². The number of nitrogens with two attached hydrogens (primary N) is 1. The van der Waals surface area contributed by atoms with Crippen LogP contribution in [0, 0.1) is 39.4 Å². The predicted octanol–water partition coefficient (Wildman–Crippen LogP) is 4.86. The molecule has 9 nitrogen and oxygen atoms in total. The number of aliphatic hydroxyl groups excluding tert-OH is 1. The lowest BCUT2D eigenvalue weighted by Crippen LogP contribution is -2.71. The van der Waals surface area contributed by atoms with E-state index in [-0.39, 0.29) is 48.0 Å². The molecule has 0 radical (unpaired) electrons. The minimum Gasteiger partial charge on any atom is -0.508 e. The van der Waals surface area contributed by atoms with E-state index < -0.39 is 40.5 Å². The average molecular weight is 659 g/mol. The first-order valence-electron chi connectivity index (χ1n) is 17.3. The molecule has 48 heavy (non-hydrogen) atoms. The number of phenolic OH excluding ortho intramolecular Hbond substituents is 1. The molecule has 2 aromatic rings. The first-order valence-corrected chi connectivity index (χ1v) is 17.3. The first kappa shape index (κ1) is 34.2. The van der Waals surface area contributed by atoms with Gasteiger partial charge in [-0.25, -0.2) is 4.79 Å². The second-order valence-corrected chi connectivity index (χ2v) is 15.7. The molecule has 6 rings (SSSR count). The summed E-state index contributed by atoms with van der Waals surface area (Å²) in [7, 11) is 0.